The second-order valence-electron chi connectivity index (χ2n) is 2.77. The van der Waals surface area contributed by atoms with Crippen molar-refractivity contribution in [3.8, 4) is 0 Å². The van der Waals surface area contributed by atoms with Crippen LogP contribution in [0.3, 0.4) is 0 Å². The summed E-state index contributed by atoms with van der Waals surface area (Å²) in [7, 11) is 1.26. The first-order valence-corrected chi connectivity index (χ1v) is 5.48. The molecule has 1 amide bonds. The number of ether oxygens (including phenoxy) is 1. The molecule has 1 N–H and O–H groups in total. The van der Waals surface area contributed by atoms with E-state index >= 15 is 0 Å². The van der Waals surface area contributed by atoms with E-state index < -0.39 is 5.97 Å². The number of carbonyl (C=O) groups is 2. The molecular formula is C10H10INO4. The quantitative estimate of drug-likeness (QED) is 0.510. The van der Waals surface area contributed by atoms with Crippen LogP contribution in [0.2, 0.25) is 0 Å². The molecule has 6 heteroatoms. The highest BCUT2D eigenvalue weighted by Crippen LogP contribution is 2.11. The molecule has 1 heterocycles. The maximum atomic E-state index is 11.2. The van der Waals surface area contributed by atoms with Crippen LogP contribution in [-0.2, 0) is 14.3 Å². The summed E-state index contributed by atoms with van der Waals surface area (Å²) in [6.45, 7) is -0.143. The molecule has 86 valence electrons. The van der Waals surface area contributed by atoms with Crippen molar-refractivity contribution in [2.24, 2.45) is 0 Å². The number of amides is 1. The van der Waals surface area contributed by atoms with E-state index in [1.165, 1.54) is 19.3 Å². The van der Waals surface area contributed by atoms with Gasteiger partial charge in [-0.15, -0.1) is 0 Å². The van der Waals surface area contributed by atoms with Crippen LogP contribution in [0.5, 0.6) is 0 Å². The molecule has 0 aliphatic rings. The molecule has 0 aliphatic carbocycles. The number of carbonyl (C=O) groups excluding carboxylic acids is 2. The maximum absolute atomic E-state index is 11.2. The molecule has 1 aromatic heterocycles. The predicted molar refractivity (Wildman–Crippen MR) is 65.5 cm³/mol. The fourth-order valence-corrected chi connectivity index (χ4v) is 1.30. The third-order valence-electron chi connectivity index (χ3n) is 1.63. The molecule has 16 heavy (non-hydrogen) atoms. The van der Waals surface area contributed by atoms with Gasteiger partial charge in [-0.1, -0.05) is 0 Å². The van der Waals surface area contributed by atoms with Crippen molar-refractivity contribution in [2.75, 3.05) is 13.7 Å². The summed E-state index contributed by atoms with van der Waals surface area (Å²) in [5.41, 5.74) is 0. The monoisotopic (exact) mass is 335 g/mol. The van der Waals surface area contributed by atoms with E-state index in [9.17, 15) is 9.59 Å². The fraction of sp³-hybridized carbons (Fsp3) is 0.200. The summed E-state index contributed by atoms with van der Waals surface area (Å²) in [4.78, 5) is 21.9. The average molecular weight is 335 g/mol. The standard InChI is InChI=1S/C10H10INO4/c1-15-10(14)6-12-9(13)5-3-7-2-4-8(11)16-7/h2-5H,6H2,1H3,(H,12,13)/b5-3+. The fourth-order valence-electron chi connectivity index (χ4n) is 0.866. The SMILES string of the molecule is COC(=O)CNC(=O)/C=C/c1ccc(I)o1. The number of rotatable bonds is 4. The first-order valence-electron chi connectivity index (χ1n) is 4.40. The van der Waals surface area contributed by atoms with E-state index in [2.05, 4.69) is 10.1 Å². The van der Waals surface area contributed by atoms with E-state index in [0.29, 0.717) is 5.76 Å². The Bertz CT molecular complexity index is 411. The Hall–Kier alpha value is -1.31. The van der Waals surface area contributed by atoms with E-state index in [1.54, 1.807) is 12.1 Å². The van der Waals surface area contributed by atoms with Crippen molar-refractivity contribution in [1.82, 2.24) is 5.32 Å². The molecule has 0 aromatic carbocycles. The van der Waals surface area contributed by atoms with Crippen LogP contribution in [0.25, 0.3) is 6.08 Å². The minimum atomic E-state index is -0.491. The van der Waals surface area contributed by atoms with Gasteiger partial charge < -0.3 is 14.5 Å². The minimum Gasteiger partial charge on any atom is -0.468 e. The van der Waals surface area contributed by atoms with Crippen LogP contribution in [0.15, 0.2) is 22.6 Å². The van der Waals surface area contributed by atoms with Gasteiger partial charge in [0, 0.05) is 6.08 Å². The summed E-state index contributed by atoms with van der Waals surface area (Å²) >= 11 is 2.03. The Balaban J connectivity index is 2.39. The van der Waals surface area contributed by atoms with Gasteiger partial charge in [0.05, 0.1) is 7.11 Å². The Morgan fingerprint density at radius 1 is 1.56 bits per heavy atom. The second kappa shape index (κ2) is 6.31. The molecule has 1 aromatic rings. The van der Waals surface area contributed by atoms with Gasteiger partial charge in [-0.2, -0.15) is 0 Å². The first-order chi connectivity index (χ1) is 7.61. The lowest BCUT2D eigenvalue weighted by atomic mass is 10.4. The summed E-state index contributed by atoms with van der Waals surface area (Å²) in [5, 5.41) is 2.37. The van der Waals surface area contributed by atoms with Gasteiger partial charge in [-0.3, -0.25) is 9.59 Å². The maximum Gasteiger partial charge on any atom is 0.325 e. The van der Waals surface area contributed by atoms with Crippen molar-refractivity contribution in [2.45, 2.75) is 0 Å². The number of furan rings is 1. The van der Waals surface area contributed by atoms with Gasteiger partial charge in [-0.25, -0.2) is 0 Å². The molecule has 0 spiro atoms. The first kappa shape index (κ1) is 12.8. The van der Waals surface area contributed by atoms with Gasteiger partial charge >= 0.3 is 5.97 Å². The number of hydrogen-bond donors (Lipinski definition) is 1. The van der Waals surface area contributed by atoms with Crippen molar-refractivity contribution in [3.05, 3.63) is 27.7 Å². The zero-order valence-electron chi connectivity index (χ0n) is 8.53. The zero-order chi connectivity index (χ0) is 12.0. The number of methoxy groups -OCH3 is 1. The van der Waals surface area contributed by atoms with Crippen LogP contribution in [0.4, 0.5) is 0 Å². The molecule has 0 saturated carbocycles. The summed E-state index contributed by atoms with van der Waals surface area (Å²) in [6, 6.07) is 3.53. The number of halogens is 1. The molecule has 0 unspecified atom stereocenters. The minimum absolute atomic E-state index is 0.143. The lowest BCUT2D eigenvalue weighted by Gasteiger charge is -1.98. The summed E-state index contributed by atoms with van der Waals surface area (Å²) in [5.74, 6) is -0.288. The van der Waals surface area contributed by atoms with E-state index in [1.807, 2.05) is 22.6 Å². The lowest BCUT2D eigenvalue weighted by molar-refractivity contribution is -0.140. The predicted octanol–water partition coefficient (Wildman–Crippen LogP) is 1.19. The topological polar surface area (TPSA) is 68.5 Å². The molecule has 0 radical (unpaired) electrons. The third-order valence-corrected chi connectivity index (χ3v) is 2.21. The molecule has 0 fully saturated rings. The molecule has 5 nitrogen and oxygen atoms in total. The summed E-state index contributed by atoms with van der Waals surface area (Å²) < 4.78 is 10.3. The van der Waals surface area contributed by atoms with Gasteiger partial charge in [-0.05, 0) is 40.8 Å². The number of hydrogen-bond acceptors (Lipinski definition) is 4. The van der Waals surface area contributed by atoms with Gasteiger partial charge in [0.25, 0.3) is 0 Å². The molecule has 0 atom stereocenters. The molecule has 0 aliphatic heterocycles. The van der Waals surface area contributed by atoms with Crippen LogP contribution in [0.1, 0.15) is 5.76 Å². The van der Waals surface area contributed by atoms with E-state index in [0.717, 1.165) is 3.77 Å². The highest BCUT2D eigenvalue weighted by atomic mass is 127. The second-order valence-corrected chi connectivity index (χ2v) is 3.83. The third kappa shape index (κ3) is 4.47. The Morgan fingerprint density at radius 3 is 2.88 bits per heavy atom. The highest BCUT2D eigenvalue weighted by Gasteiger charge is 2.02. The lowest BCUT2D eigenvalue weighted by Crippen LogP contribution is -2.28. The van der Waals surface area contributed by atoms with Crippen molar-refractivity contribution in [1.29, 1.82) is 0 Å². The largest absolute Gasteiger partial charge is 0.468 e. The van der Waals surface area contributed by atoms with E-state index in [-0.39, 0.29) is 12.5 Å². The van der Waals surface area contributed by atoms with Crippen LogP contribution >= 0.6 is 22.6 Å². The van der Waals surface area contributed by atoms with Crippen molar-refractivity contribution in [3.63, 3.8) is 0 Å². The normalized spacial score (nSPS) is 10.4. The number of nitrogens with one attached hydrogen (secondary N) is 1. The van der Waals surface area contributed by atoms with Crippen molar-refractivity contribution < 1.29 is 18.7 Å². The molecular weight excluding hydrogens is 325 g/mol. The molecule has 0 saturated heterocycles. The van der Waals surface area contributed by atoms with Crippen LogP contribution < -0.4 is 5.32 Å². The van der Waals surface area contributed by atoms with Crippen LogP contribution in [0, 0.1) is 3.77 Å². The van der Waals surface area contributed by atoms with Gasteiger partial charge in [0.15, 0.2) is 3.77 Å². The zero-order valence-corrected chi connectivity index (χ0v) is 10.7. The highest BCUT2D eigenvalue weighted by molar-refractivity contribution is 14.1. The summed E-state index contributed by atoms with van der Waals surface area (Å²) in [6.07, 6.45) is 2.81. The Morgan fingerprint density at radius 2 is 2.31 bits per heavy atom. The van der Waals surface area contributed by atoms with Gasteiger partial charge in [0.1, 0.15) is 12.3 Å². The Labute approximate surface area is 106 Å². The smallest absolute Gasteiger partial charge is 0.325 e. The molecule has 0 bridgehead atoms. The van der Waals surface area contributed by atoms with Gasteiger partial charge in [0.2, 0.25) is 5.91 Å². The van der Waals surface area contributed by atoms with Crippen LogP contribution in [-0.4, -0.2) is 25.5 Å². The average Bonchev–Trinajstić information content (AvgIpc) is 2.69. The number of esters is 1. The van der Waals surface area contributed by atoms with E-state index in [4.69, 9.17) is 4.42 Å². The Kier molecular flexibility index (Phi) is 5.03. The molecule has 1 rings (SSSR count). The van der Waals surface area contributed by atoms with Crippen molar-refractivity contribution >= 4 is 40.5 Å².